The van der Waals surface area contributed by atoms with E-state index in [1.807, 2.05) is 28.5 Å². The normalized spacial score (nSPS) is 14.3. The van der Waals surface area contributed by atoms with Crippen molar-refractivity contribution < 1.29 is 4.79 Å². The van der Waals surface area contributed by atoms with Crippen LogP contribution in [-0.4, -0.2) is 16.8 Å². The molecular formula is C15H16N2OS. The van der Waals surface area contributed by atoms with Crippen LogP contribution in [-0.2, 0) is 6.54 Å². The summed E-state index contributed by atoms with van der Waals surface area (Å²) in [5.74, 6) is 0.0684. The summed E-state index contributed by atoms with van der Waals surface area (Å²) in [6.07, 6.45) is 2.20. The van der Waals surface area contributed by atoms with Crippen molar-refractivity contribution in [2.45, 2.75) is 25.4 Å². The Morgan fingerprint density at radius 2 is 2.00 bits per heavy atom. The average Bonchev–Trinajstić information content (AvgIpc) is 3.18. The lowest BCUT2D eigenvalue weighted by molar-refractivity contribution is 0.0736. The second kappa shape index (κ2) is 5.05. The van der Waals surface area contributed by atoms with Crippen molar-refractivity contribution in [1.82, 2.24) is 4.90 Å². The smallest absolute Gasteiger partial charge is 0.266 e. The Bertz CT molecular complexity index is 575. The molecule has 3 nitrogen and oxygen atoms in total. The molecule has 2 aromatic rings. The summed E-state index contributed by atoms with van der Waals surface area (Å²) in [6, 6.07) is 12.3. The lowest BCUT2D eigenvalue weighted by atomic mass is 10.2. The van der Waals surface area contributed by atoms with Crippen LogP contribution in [0.15, 0.2) is 41.8 Å². The van der Waals surface area contributed by atoms with E-state index >= 15 is 0 Å². The first-order valence-electron chi connectivity index (χ1n) is 6.43. The molecule has 4 heteroatoms. The lowest BCUT2D eigenvalue weighted by Crippen LogP contribution is -2.32. The molecule has 0 saturated heterocycles. The van der Waals surface area contributed by atoms with Crippen LogP contribution in [0.2, 0.25) is 0 Å². The second-order valence-electron chi connectivity index (χ2n) is 4.85. The van der Waals surface area contributed by atoms with E-state index in [1.165, 1.54) is 11.3 Å². The van der Waals surface area contributed by atoms with Gasteiger partial charge in [-0.3, -0.25) is 4.79 Å². The van der Waals surface area contributed by atoms with Crippen LogP contribution in [0.4, 0.5) is 5.69 Å². The highest BCUT2D eigenvalue weighted by Crippen LogP contribution is 2.32. The summed E-state index contributed by atoms with van der Waals surface area (Å²) >= 11 is 1.43. The standard InChI is InChI=1S/C15H16N2OS/c16-13-8-9-19-14(13)15(18)17(12-6-7-12)10-11-4-2-1-3-5-11/h1-5,8-9,12H,6-7,10,16H2. The van der Waals surface area contributed by atoms with Gasteiger partial charge in [-0.2, -0.15) is 0 Å². The molecule has 0 spiro atoms. The second-order valence-corrected chi connectivity index (χ2v) is 5.77. The molecule has 0 atom stereocenters. The maximum Gasteiger partial charge on any atom is 0.266 e. The molecule has 0 bridgehead atoms. The van der Waals surface area contributed by atoms with Gasteiger partial charge in [0.2, 0.25) is 0 Å². The summed E-state index contributed by atoms with van der Waals surface area (Å²) in [5, 5.41) is 1.87. The Labute approximate surface area is 116 Å². The van der Waals surface area contributed by atoms with Gasteiger partial charge in [-0.05, 0) is 29.9 Å². The molecule has 19 heavy (non-hydrogen) atoms. The monoisotopic (exact) mass is 272 g/mol. The number of hydrogen-bond donors (Lipinski definition) is 1. The Kier molecular flexibility index (Phi) is 3.25. The van der Waals surface area contributed by atoms with Crippen LogP contribution in [0.3, 0.4) is 0 Å². The van der Waals surface area contributed by atoms with E-state index in [9.17, 15) is 4.79 Å². The van der Waals surface area contributed by atoms with Crippen LogP contribution in [0, 0.1) is 0 Å². The van der Waals surface area contributed by atoms with Crippen LogP contribution < -0.4 is 5.73 Å². The minimum atomic E-state index is 0.0684. The van der Waals surface area contributed by atoms with Gasteiger partial charge in [0.15, 0.2) is 0 Å². The number of carbonyl (C=O) groups is 1. The van der Waals surface area contributed by atoms with Crippen LogP contribution in [0.1, 0.15) is 28.1 Å². The average molecular weight is 272 g/mol. The maximum absolute atomic E-state index is 12.6. The Balaban J connectivity index is 1.82. The number of benzene rings is 1. The summed E-state index contributed by atoms with van der Waals surface area (Å²) < 4.78 is 0. The summed E-state index contributed by atoms with van der Waals surface area (Å²) in [5.41, 5.74) is 7.61. The minimum Gasteiger partial charge on any atom is -0.397 e. The predicted molar refractivity (Wildman–Crippen MR) is 78.1 cm³/mol. The number of hydrogen-bond acceptors (Lipinski definition) is 3. The third-order valence-corrected chi connectivity index (χ3v) is 4.25. The van der Waals surface area contributed by atoms with E-state index in [1.54, 1.807) is 6.07 Å². The molecule has 1 aliphatic carbocycles. The molecule has 1 aliphatic rings. The van der Waals surface area contributed by atoms with Crippen molar-refractivity contribution in [3.8, 4) is 0 Å². The number of nitrogens with zero attached hydrogens (tertiary/aromatic N) is 1. The predicted octanol–water partition coefficient (Wildman–Crippen LogP) is 3.14. The van der Waals surface area contributed by atoms with E-state index in [0.717, 1.165) is 18.4 Å². The van der Waals surface area contributed by atoms with Crippen molar-refractivity contribution >= 4 is 22.9 Å². The molecule has 3 rings (SSSR count). The zero-order valence-corrected chi connectivity index (χ0v) is 11.4. The molecule has 0 aliphatic heterocycles. The first-order chi connectivity index (χ1) is 9.25. The van der Waals surface area contributed by atoms with Gasteiger partial charge in [0.05, 0.1) is 5.69 Å². The summed E-state index contributed by atoms with van der Waals surface area (Å²) in [7, 11) is 0. The molecule has 1 fully saturated rings. The van der Waals surface area contributed by atoms with Crippen molar-refractivity contribution in [2.24, 2.45) is 0 Å². The molecule has 1 saturated carbocycles. The molecule has 1 heterocycles. The lowest BCUT2D eigenvalue weighted by Gasteiger charge is -2.22. The number of anilines is 1. The van der Waals surface area contributed by atoms with Crippen molar-refractivity contribution in [3.05, 3.63) is 52.2 Å². The van der Waals surface area contributed by atoms with Crippen molar-refractivity contribution in [3.63, 3.8) is 0 Å². The minimum absolute atomic E-state index is 0.0684. The fraction of sp³-hybridized carbons (Fsp3) is 0.267. The molecule has 0 unspecified atom stereocenters. The Hall–Kier alpha value is -1.81. The molecule has 1 aromatic carbocycles. The number of amides is 1. The Morgan fingerprint density at radius 3 is 2.58 bits per heavy atom. The van der Waals surface area contributed by atoms with Gasteiger partial charge >= 0.3 is 0 Å². The van der Waals surface area contributed by atoms with Gasteiger partial charge in [-0.25, -0.2) is 0 Å². The van der Waals surface area contributed by atoms with Gasteiger partial charge < -0.3 is 10.6 Å². The molecule has 0 radical (unpaired) electrons. The fourth-order valence-electron chi connectivity index (χ4n) is 2.16. The van der Waals surface area contributed by atoms with Gasteiger partial charge in [0.25, 0.3) is 5.91 Å². The third kappa shape index (κ3) is 2.63. The van der Waals surface area contributed by atoms with Crippen molar-refractivity contribution in [1.29, 1.82) is 0 Å². The van der Waals surface area contributed by atoms with Gasteiger partial charge in [-0.1, -0.05) is 30.3 Å². The number of nitrogens with two attached hydrogens (primary N) is 1. The van der Waals surface area contributed by atoms with E-state index in [4.69, 9.17) is 5.73 Å². The number of rotatable bonds is 4. The third-order valence-electron chi connectivity index (χ3n) is 3.33. The van der Waals surface area contributed by atoms with E-state index in [0.29, 0.717) is 23.2 Å². The molecule has 1 amide bonds. The molecular weight excluding hydrogens is 256 g/mol. The number of carbonyl (C=O) groups excluding carboxylic acids is 1. The first kappa shape index (κ1) is 12.2. The number of thiophene rings is 1. The maximum atomic E-state index is 12.6. The molecule has 2 N–H and O–H groups in total. The zero-order valence-electron chi connectivity index (χ0n) is 10.6. The largest absolute Gasteiger partial charge is 0.397 e. The quantitative estimate of drug-likeness (QED) is 0.929. The van der Waals surface area contributed by atoms with E-state index < -0.39 is 0 Å². The van der Waals surface area contributed by atoms with Crippen LogP contribution in [0.5, 0.6) is 0 Å². The Morgan fingerprint density at radius 1 is 1.26 bits per heavy atom. The number of nitrogen functional groups attached to an aromatic ring is 1. The topological polar surface area (TPSA) is 46.3 Å². The van der Waals surface area contributed by atoms with Crippen LogP contribution in [0.25, 0.3) is 0 Å². The highest BCUT2D eigenvalue weighted by atomic mass is 32.1. The van der Waals surface area contributed by atoms with Gasteiger partial charge in [0, 0.05) is 12.6 Å². The van der Waals surface area contributed by atoms with Gasteiger partial charge in [0.1, 0.15) is 4.88 Å². The SMILES string of the molecule is Nc1ccsc1C(=O)N(Cc1ccccc1)C1CC1. The first-order valence-corrected chi connectivity index (χ1v) is 7.31. The molecule has 98 valence electrons. The van der Waals surface area contributed by atoms with E-state index in [2.05, 4.69) is 12.1 Å². The fourth-order valence-corrected chi connectivity index (χ4v) is 2.93. The summed E-state index contributed by atoms with van der Waals surface area (Å²) in [6.45, 7) is 0.668. The zero-order chi connectivity index (χ0) is 13.2. The highest BCUT2D eigenvalue weighted by molar-refractivity contribution is 7.12. The van der Waals surface area contributed by atoms with Crippen molar-refractivity contribution in [2.75, 3.05) is 5.73 Å². The van der Waals surface area contributed by atoms with Gasteiger partial charge in [-0.15, -0.1) is 11.3 Å². The van der Waals surface area contributed by atoms with E-state index in [-0.39, 0.29) is 5.91 Å². The summed E-state index contributed by atoms with van der Waals surface area (Å²) in [4.78, 5) is 15.2. The highest BCUT2D eigenvalue weighted by Gasteiger charge is 2.34. The van der Waals surface area contributed by atoms with Crippen LogP contribution >= 0.6 is 11.3 Å². The molecule has 1 aromatic heterocycles.